The second-order valence-electron chi connectivity index (χ2n) is 6.19. The van der Waals surface area contributed by atoms with Gasteiger partial charge in [0.2, 0.25) is 0 Å². The van der Waals surface area contributed by atoms with Crippen molar-refractivity contribution in [2.24, 2.45) is 11.3 Å². The lowest BCUT2D eigenvalue weighted by atomic mass is 9.78. The van der Waals surface area contributed by atoms with Crippen molar-refractivity contribution in [3.8, 4) is 5.75 Å². The number of hydrogen-bond donors (Lipinski definition) is 0. The zero-order valence-corrected chi connectivity index (χ0v) is 16.8. The molecule has 1 heterocycles. The smallest absolute Gasteiger partial charge is 0.125 e. The SMILES string of the molecule is CC(C)CC(CBr)(CBr)Cc1cc(Br)cc2c1OCC2. The summed E-state index contributed by atoms with van der Waals surface area (Å²) in [6, 6.07) is 4.42. The van der Waals surface area contributed by atoms with E-state index in [1.807, 2.05) is 0 Å². The summed E-state index contributed by atoms with van der Waals surface area (Å²) in [5.41, 5.74) is 2.93. The van der Waals surface area contributed by atoms with E-state index in [-0.39, 0.29) is 5.41 Å². The molecule has 0 saturated carbocycles. The molecule has 20 heavy (non-hydrogen) atoms. The van der Waals surface area contributed by atoms with Crippen LogP contribution in [0.3, 0.4) is 0 Å². The lowest BCUT2D eigenvalue weighted by molar-refractivity contribution is 0.295. The van der Waals surface area contributed by atoms with E-state index >= 15 is 0 Å². The summed E-state index contributed by atoms with van der Waals surface area (Å²) in [5, 5.41) is 2.01. The fraction of sp³-hybridized carbons (Fsp3) is 0.625. The Morgan fingerprint density at radius 1 is 1.25 bits per heavy atom. The molecule has 1 aliphatic heterocycles. The molecule has 0 aliphatic carbocycles. The first kappa shape index (κ1) is 16.8. The predicted molar refractivity (Wildman–Crippen MR) is 96.5 cm³/mol. The Balaban J connectivity index is 2.31. The molecule has 0 radical (unpaired) electrons. The van der Waals surface area contributed by atoms with Gasteiger partial charge in [0, 0.05) is 21.6 Å². The Morgan fingerprint density at radius 2 is 1.95 bits per heavy atom. The van der Waals surface area contributed by atoms with Gasteiger partial charge in [-0.05, 0) is 47.4 Å². The first-order chi connectivity index (χ1) is 9.49. The summed E-state index contributed by atoms with van der Waals surface area (Å²) in [4.78, 5) is 0. The molecule has 1 aromatic carbocycles. The maximum atomic E-state index is 5.87. The van der Waals surface area contributed by atoms with Crippen molar-refractivity contribution in [3.05, 3.63) is 27.7 Å². The van der Waals surface area contributed by atoms with Crippen LogP contribution < -0.4 is 4.74 Å². The van der Waals surface area contributed by atoms with Gasteiger partial charge in [-0.1, -0.05) is 61.6 Å². The van der Waals surface area contributed by atoms with Crippen molar-refractivity contribution in [2.45, 2.75) is 33.1 Å². The largest absolute Gasteiger partial charge is 0.493 e. The van der Waals surface area contributed by atoms with E-state index in [4.69, 9.17) is 4.74 Å². The number of fused-ring (bicyclic) bond motifs is 1. The molecular weight excluding hydrogens is 448 g/mol. The van der Waals surface area contributed by atoms with E-state index in [0.717, 1.165) is 35.9 Å². The molecule has 2 rings (SSSR count). The Kier molecular flexibility index (Phi) is 6.01. The number of alkyl halides is 2. The lowest BCUT2D eigenvalue weighted by Gasteiger charge is -2.32. The maximum absolute atomic E-state index is 5.87. The average Bonchev–Trinajstić information content (AvgIpc) is 2.85. The summed E-state index contributed by atoms with van der Waals surface area (Å²) in [6.45, 7) is 5.41. The van der Waals surface area contributed by atoms with Crippen LogP contribution in [-0.2, 0) is 12.8 Å². The fourth-order valence-corrected chi connectivity index (χ4v) is 5.39. The Labute approximate surface area is 147 Å². The van der Waals surface area contributed by atoms with Gasteiger partial charge in [-0.3, -0.25) is 0 Å². The molecule has 1 aromatic rings. The van der Waals surface area contributed by atoms with Gasteiger partial charge in [0.15, 0.2) is 0 Å². The normalized spacial score (nSPS) is 14.5. The highest BCUT2D eigenvalue weighted by Gasteiger charge is 2.31. The summed E-state index contributed by atoms with van der Waals surface area (Å²) in [7, 11) is 0. The van der Waals surface area contributed by atoms with Crippen LogP contribution in [0.15, 0.2) is 16.6 Å². The van der Waals surface area contributed by atoms with E-state index in [9.17, 15) is 0 Å². The zero-order valence-electron chi connectivity index (χ0n) is 12.0. The fourth-order valence-electron chi connectivity index (χ4n) is 3.06. The van der Waals surface area contributed by atoms with Gasteiger partial charge in [0.1, 0.15) is 5.75 Å². The van der Waals surface area contributed by atoms with Crippen LogP contribution in [0.25, 0.3) is 0 Å². The highest BCUT2D eigenvalue weighted by molar-refractivity contribution is 9.10. The van der Waals surface area contributed by atoms with E-state index in [1.165, 1.54) is 22.0 Å². The highest BCUT2D eigenvalue weighted by Crippen LogP contribution is 2.40. The molecule has 0 atom stereocenters. The van der Waals surface area contributed by atoms with Crippen molar-refractivity contribution < 1.29 is 4.74 Å². The van der Waals surface area contributed by atoms with Gasteiger partial charge in [-0.25, -0.2) is 0 Å². The molecule has 0 fully saturated rings. The van der Waals surface area contributed by atoms with Crippen LogP contribution in [0.1, 0.15) is 31.4 Å². The van der Waals surface area contributed by atoms with Crippen LogP contribution in [0.2, 0.25) is 0 Å². The van der Waals surface area contributed by atoms with Gasteiger partial charge in [-0.15, -0.1) is 0 Å². The van der Waals surface area contributed by atoms with Crippen molar-refractivity contribution in [2.75, 3.05) is 17.3 Å². The van der Waals surface area contributed by atoms with E-state index in [1.54, 1.807) is 0 Å². The molecular formula is C16H21Br3O. The maximum Gasteiger partial charge on any atom is 0.125 e. The highest BCUT2D eigenvalue weighted by atomic mass is 79.9. The lowest BCUT2D eigenvalue weighted by Crippen LogP contribution is -2.29. The Morgan fingerprint density at radius 3 is 2.55 bits per heavy atom. The molecule has 0 spiro atoms. The molecule has 4 heteroatoms. The summed E-state index contributed by atoms with van der Waals surface area (Å²) < 4.78 is 7.04. The van der Waals surface area contributed by atoms with Gasteiger partial charge in [-0.2, -0.15) is 0 Å². The molecule has 0 bridgehead atoms. The standard InChI is InChI=1S/C16H21Br3O/c1-11(2)7-16(9-17,10-18)8-13-6-14(19)5-12-3-4-20-15(12)13/h5-6,11H,3-4,7-10H2,1-2H3. The number of hydrogen-bond acceptors (Lipinski definition) is 1. The average molecular weight is 469 g/mol. The Hall–Kier alpha value is 0.460. The van der Waals surface area contributed by atoms with Crippen molar-refractivity contribution >= 4 is 47.8 Å². The van der Waals surface area contributed by atoms with Gasteiger partial charge >= 0.3 is 0 Å². The quantitative estimate of drug-likeness (QED) is 0.483. The van der Waals surface area contributed by atoms with Crippen LogP contribution in [-0.4, -0.2) is 17.3 Å². The minimum absolute atomic E-state index is 0.245. The molecule has 0 saturated heterocycles. The van der Waals surface area contributed by atoms with E-state index in [0.29, 0.717) is 5.92 Å². The van der Waals surface area contributed by atoms with Gasteiger partial charge in [0.25, 0.3) is 0 Å². The number of halogens is 3. The third-order valence-electron chi connectivity index (χ3n) is 3.80. The third-order valence-corrected chi connectivity index (χ3v) is 6.64. The van der Waals surface area contributed by atoms with Crippen molar-refractivity contribution in [1.82, 2.24) is 0 Å². The molecule has 0 N–H and O–H groups in total. The minimum Gasteiger partial charge on any atom is -0.493 e. The third kappa shape index (κ3) is 3.80. The molecule has 1 nitrogen and oxygen atoms in total. The van der Waals surface area contributed by atoms with Crippen LogP contribution >= 0.6 is 47.8 Å². The summed E-state index contributed by atoms with van der Waals surface area (Å²) in [5.74, 6) is 1.81. The second-order valence-corrected chi connectivity index (χ2v) is 8.23. The predicted octanol–water partition coefficient (Wildman–Crippen LogP) is 5.75. The van der Waals surface area contributed by atoms with Crippen molar-refractivity contribution in [3.63, 3.8) is 0 Å². The monoisotopic (exact) mass is 466 g/mol. The molecule has 1 aliphatic rings. The number of rotatable bonds is 6. The number of ether oxygens (including phenoxy) is 1. The van der Waals surface area contributed by atoms with Crippen molar-refractivity contribution in [1.29, 1.82) is 0 Å². The molecule has 0 unspecified atom stereocenters. The van der Waals surface area contributed by atoms with E-state index in [2.05, 4.69) is 73.8 Å². The topological polar surface area (TPSA) is 9.23 Å². The van der Waals surface area contributed by atoms with Gasteiger partial charge in [0.05, 0.1) is 6.61 Å². The van der Waals surface area contributed by atoms with Crippen LogP contribution in [0.5, 0.6) is 5.75 Å². The minimum atomic E-state index is 0.245. The van der Waals surface area contributed by atoms with E-state index < -0.39 is 0 Å². The zero-order chi connectivity index (χ0) is 14.8. The van der Waals surface area contributed by atoms with Crippen LogP contribution in [0.4, 0.5) is 0 Å². The summed E-state index contributed by atoms with van der Waals surface area (Å²) in [6.07, 6.45) is 3.27. The first-order valence-corrected chi connectivity index (χ1v) is 10.1. The van der Waals surface area contributed by atoms with Gasteiger partial charge < -0.3 is 4.74 Å². The first-order valence-electron chi connectivity index (χ1n) is 7.06. The Bertz CT molecular complexity index is 467. The van der Waals surface area contributed by atoms with Crippen LogP contribution in [0, 0.1) is 11.3 Å². The molecule has 0 amide bonds. The summed E-state index contributed by atoms with van der Waals surface area (Å²) >= 11 is 11.1. The second kappa shape index (κ2) is 7.15. The molecule has 112 valence electrons. The molecule has 0 aromatic heterocycles. The number of benzene rings is 1.